The Labute approximate surface area is 110 Å². The Kier molecular flexibility index (Phi) is 2.45. The Morgan fingerprint density at radius 2 is 1.69 bits per heavy atom. The molecule has 0 saturated carbocycles. The van der Waals surface area contributed by atoms with Gasteiger partial charge in [0.05, 0.1) is 11.0 Å². The molecule has 0 atom stereocenters. The molecule has 0 aliphatic carbocycles. The van der Waals surface area contributed by atoms with Gasteiger partial charge in [0, 0.05) is 19.7 Å². The van der Waals surface area contributed by atoms with Crippen molar-refractivity contribution in [3.8, 4) is 0 Å². The van der Waals surface area contributed by atoms with Gasteiger partial charge >= 0.3 is 0 Å². The average Bonchev–Trinajstić information content (AvgIpc) is 2.32. The molecule has 0 unspecified atom stereocenters. The highest BCUT2D eigenvalue weighted by Crippen LogP contribution is 2.32. The molecule has 1 nitrogen and oxygen atoms in total. The molecule has 1 aromatic heterocycles. The van der Waals surface area contributed by atoms with Crippen LogP contribution in [0.5, 0.6) is 0 Å². The quantitative estimate of drug-likeness (QED) is 0.531. The molecule has 0 saturated heterocycles. The van der Waals surface area contributed by atoms with E-state index in [1.54, 1.807) is 0 Å². The second kappa shape index (κ2) is 3.82. The molecule has 0 spiro atoms. The molecular formula is C13H7Br2N. The van der Waals surface area contributed by atoms with Crippen LogP contribution in [0.3, 0.4) is 0 Å². The van der Waals surface area contributed by atoms with Crippen LogP contribution in [0.1, 0.15) is 0 Å². The molecule has 0 amide bonds. The molecule has 0 radical (unpaired) electrons. The summed E-state index contributed by atoms with van der Waals surface area (Å²) < 4.78 is 2.11. The van der Waals surface area contributed by atoms with Gasteiger partial charge in [-0.2, -0.15) is 0 Å². The lowest BCUT2D eigenvalue weighted by Crippen LogP contribution is -1.83. The minimum absolute atomic E-state index is 1.01. The lowest BCUT2D eigenvalue weighted by molar-refractivity contribution is 1.48. The van der Waals surface area contributed by atoms with E-state index in [2.05, 4.69) is 49.0 Å². The number of para-hydroxylation sites is 1. The first-order valence-corrected chi connectivity index (χ1v) is 6.48. The van der Waals surface area contributed by atoms with Crippen LogP contribution in [0.2, 0.25) is 0 Å². The number of halogens is 2. The minimum atomic E-state index is 1.01. The summed E-state index contributed by atoms with van der Waals surface area (Å²) in [5.41, 5.74) is 2.04. The van der Waals surface area contributed by atoms with Crippen molar-refractivity contribution in [3.63, 3.8) is 0 Å². The average molecular weight is 337 g/mol. The molecule has 78 valence electrons. The standard InChI is InChI=1S/C13H7Br2N/c14-10-5-6-12-9(13(10)15)7-8-3-1-2-4-11(8)16-12/h1-7H. The number of hydrogen-bond acceptors (Lipinski definition) is 1. The minimum Gasteiger partial charge on any atom is -0.248 e. The number of aromatic nitrogens is 1. The summed E-state index contributed by atoms with van der Waals surface area (Å²) in [4.78, 5) is 4.63. The van der Waals surface area contributed by atoms with E-state index in [9.17, 15) is 0 Å². The van der Waals surface area contributed by atoms with Crippen LogP contribution in [0.25, 0.3) is 21.8 Å². The summed E-state index contributed by atoms with van der Waals surface area (Å²) in [6.07, 6.45) is 0. The fraction of sp³-hybridized carbons (Fsp3) is 0. The van der Waals surface area contributed by atoms with Gasteiger partial charge in [-0.3, -0.25) is 0 Å². The number of rotatable bonds is 0. The lowest BCUT2D eigenvalue weighted by atomic mass is 10.1. The Hall–Kier alpha value is -0.930. The molecule has 0 aliphatic heterocycles. The smallest absolute Gasteiger partial charge is 0.0721 e. The van der Waals surface area contributed by atoms with E-state index in [4.69, 9.17) is 0 Å². The normalized spacial score (nSPS) is 11.1. The number of fused-ring (bicyclic) bond motifs is 2. The van der Waals surface area contributed by atoms with Crippen molar-refractivity contribution in [2.75, 3.05) is 0 Å². The summed E-state index contributed by atoms with van der Waals surface area (Å²) in [7, 11) is 0. The third-order valence-electron chi connectivity index (χ3n) is 2.59. The van der Waals surface area contributed by atoms with Crippen molar-refractivity contribution in [1.29, 1.82) is 0 Å². The first-order valence-electron chi connectivity index (χ1n) is 4.89. The van der Waals surface area contributed by atoms with Crippen LogP contribution < -0.4 is 0 Å². The second-order valence-electron chi connectivity index (χ2n) is 3.61. The number of nitrogens with zero attached hydrogens (tertiary/aromatic N) is 1. The zero-order valence-electron chi connectivity index (χ0n) is 8.24. The Morgan fingerprint density at radius 3 is 2.56 bits per heavy atom. The fourth-order valence-corrected chi connectivity index (χ4v) is 2.58. The van der Waals surface area contributed by atoms with E-state index >= 15 is 0 Å². The molecule has 0 N–H and O–H groups in total. The zero-order valence-corrected chi connectivity index (χ0v) is 11.4. The van der Waals surface area contributed by atoms with E-state index in [0.717, 1.165) is 30.8 Å². The predicted octanol–water partition coefficient (Wildman–Crippen LogP) is 4.91. The molecule has 1 heterocycles. The first kappa shape index (κ1) is 10.2. The maximum absolute atomic E-state index is 4.63. The first-order chi connectivity index (χ1) is 7.75. The van der Waals surface area contributed by atoms with Gasteiger partial charge in [-0.15, -0.1) is 0 Å². The molecular weight excluding hydrogens is 330 g/mol. The molecule has 0 fully saturated rings. The van der Waals surface area contributed by atoms with E-state index in [-0.39, 0.29) is 0 Å². The predicted molar refractivity (Wildman–Crippen MR) is 74.6 cm³/mol. The highest BCUT2D eigenvalue weighted by molar-refractivity contribution is 9.13. The van der Waals surface area contributed by atoms with Crippen molar-refractivity contribution >= 4 is 53.7 Å². The molecule has 3 aromatic rings. The highest BCUT2D eigenvalue weighted by atomic mass is 79.9. The van der Waals surface area contributed by atoms with Crippen LogP contribution in [0.15, 0.2) is 51.4 Å². The van der Waals surface area contributed by atoms with Gasteiger partial charge in [-0.05, 0) is 56.1 Å². The Balaban J connectivity index is 2.51. The molecule has 3 heteroatoms. The monoisotopic (exact) mass is 335 g/mol. The number of hydrogen-bond donors (Lipinski definition) is 0. The maximum atomic E-state index is 4.63. The fourth-order valence-electron chi connectivity index (χ4n) is 1.79. The van der Waals surface area contributed by atoms with E-state index in [1.807, 2.05) is 30.3 Å². The zero-order chi connectivity index (χ0) is 11.1. The van der Waals surface area contributed by atoms with Gasteiger partial charge in [0.2, 0.25) is 0 Å². The van der Waals surface area contributed by atoms with Gasteiger partial charge in [-0.25, -0.2) is 4.98 Å². The van der Waals surface area contributed by atoms with Gasteiger partial charge < -0.3 is 0 Å². The van der Waals surface area contributed by atoms with Crippen LogP contribution in [-0.2, 0) is 0 Å². The second-order valence-corrected chi connectivity index (χ2v) is 5.26. The molecule has 0 aliphatic rings. The van der Waals surface area contributed by atoms with Crippen molar-refractivity contribution in [1.82, 2.24) is 4.98 Å². The van der Waals surface area contributed by atoms with Crippen molar-refractivity contribution in [2.24, 2.45) is 0 Å². The SMILES string of the molecule is Brc1ccc2nc3ccccc3cc2c1Br. The van der Waals surface area contributed by atoms with Crippen molar-refractivity contribution in [2.45, 2.75) is 0 Å². The largest absolute Gasteiger partial charge is 0.248 e. The highest BCUT2D eigenvalue weighted by Gasteiger charge is 2.05. The third-order valence-corrected chi connectivity index (χ3v) is 4.63. The van der Waals surface area contributed by atoms with E-state index in [0.29, 0.717) is 0 Å². The van der Waals surface area contributed by atoms with Crippen LogP contribution >= 0.6 is 31.9 Å². The Bertz CT molecular complexity index is 692. The summed E-state index contributed by atoms with van der Waals surface area (Å²) in [6, 6.07) is 14.3. The van der Waals surface area contributed by atoms with Crippen molar-refractivity contribution in [3.05, 3.63) is 51.4 Å². The van der Waals surface area contributed by atoms with E-state index in [1.165, 1.54) is 0 Å². The van der Waals surface area contributed by atoms with Gasteiger partial charge in [0.1, 0.15) is 0 Å². The summed E-state index contributed by atoms with van der Waals surface area (Å²) in [6.45, 7) is 0. The number of benzene rings is 2. The number of pyridine rings is 1. The van der Waals surface area contributed by atoms with Crippen molar-refractivity contribution < 1.29 is 0 Å². The topological polar surface area (TPSA) is 12.9 Å². The summed E-state index contributed by atoms with van der Waals surface area (Å²) in [5, 5.41) is 2.29. The van der Waals surface area contributed by atoms with Gasteiger partial charge in [-0.1, -0.05) is 18.2 Å². The van der Waals surface area contributed by atoms with Crippen LogP contribution in [0, 0.1) is 0 Å². The van der Waals surface area contributed by atoms with E-state index < -0.39 is 0 Å². The summed E-state index contributed by atoms with van der Waals surface area (Å²) in [5.74, 6) is 0. The molecule has 3 rings (SSSR count). The molecule has 16 heavy (non-hydrogen) atoms. The van der Waals surface area contributed by atoms with Gasteiger partial charge in [0.15, 0.2) is 0 Å². The third kappa shape index (κ3) is 1.55. The summed E-state index contributed by atoms with van der Waals surface area (Å²) >= 11 is 7.09. The lowest BCUT2D eigenvalue weighted by Gasteiger charge is -2.04. The van der Waals surface area contributed by atoms with Crippen LogP contribution in [0.4, 0.5) is 0 Å². The van der Waals surface area contributed by atoms with Gasteiger partial charge in [0.25, 0.3) is 0 Å². The van der Waals surface area contributed by atoms with Crippen LogP contribution in [-0.4, -0.2) is 4.98 Å². The Morgan fingerprint density at radius 1 is 0.875 bits per heavy atom. The molecule has 0 bridgehead atoms. The maximum Gasteiger partial charge on any atom is 0.0721 e. The molecule has 2 aromatic carbocycles.